The number of nitrogens with zero attached hydrogens (tertiary/aromatic N) is 1. The largest absolute Gasteiger partial charge is 0.507 e. The highest BCUT2D eigenvalue weighted by atomic mass is 16.5. The first kappa shape index (κ1) is 20.7. The number of phenols is 1. The van der Waals surface area contributed by atoms with Gasteiger partial charge in [-0.3, -0.25) is 9.59 Å². The van der Waals surface area contributed by atoms with Crippen LogP contribution in [0.25, 0.3) is 0 Å². The third kappa shape index (κ3) is 4.20. The first-order valence-electron chi connectivity index (χ1n) is 9.20. The van der Waals surface area contributed by atoms with Crippen LogP contribution in [0.5, 0.6) is 11.5 Å². The molecule has 0 radical (unpaired) electrons. The summed E-state index contributed by atoms with van der Waals surface area (Å²) in [4.78, 5) is 27.4. The van der Waals surface area contributed by atoms with Crippen molar-refractivity contribution in [3.8, 4) is 11.5 Å². The zero-order valence-electron chi connectivity index (χ0n) is 17.0. The maximum absolute atomic E-state index is 13.0. The summed E-state index contributed by atoms with van der Waals surface area (Å²) in [5, 5.41) is 13.0. The van der Waals surface area contributed by atoms with Gasteiger partial charge in [-0.05, 0) is 60.7 Å². The minimum absolute atomic E-state index is 0.00134. The fraction of sp³-hybridized carbons (Fsp3) is 0.130. The SMILES string of the molecule is COc1ccc(C(=O)Nc2ccc(O)c(C(=O)c3ccc(N(C)C)cc3)c2N)cc1. The van der Waals surface area contributed by atoms with Crippen LogP contribution in [0.4, 0.5) is 17.1 Å². The Labute approximate surface area is 174 Å². The zero-order valence-corrected chi connectivity index (χ0v) is 17.0. The molecule has 0 bridgehead atoms. The van der Waals surface area contributed by atoms with Crippen LogP contribution in [0.1, 0.15) is 26.3 Å². The van der Waals surface area contributed by atoms with E-state index >= 15 is 0 Å². The van der Waals surface area contributed by atoms with E-state index in [-0.39, 0.29) is 22.7 Å². The fourth-order valence-corrected chi connectivity index (χ4v) is 2.95. The lowest BCUT2D eigenvalue weighted by Gasteiger charge is -2.15. The molecule has 0 unspecified atom stereocenters. The third-order valence-corrected chi connectivity index (χ3v) is 4.70. The van der Waals surface area contributed by atoms with Crippen molar-refractivity contribution in [3.63, 3.8) is 0 Å². The molecule has 0 saturated carbocycles. The number of carbonyl (C=O) groups excluding carboxylic acids is 2. The summed E-state index contributed by atoms with van der Waals surface area (Å²) in [5.74, 6) is -0.458. The van der Waals surface area contributed by atoms with Gasteiger partial charge in [0.15, 0.2) is 5.78 Å². The Morgan fingerprint density at radius 3 is 2.10 bits per heavy atom. The van der Waals surface area contributed by atoms with E-state index in [2.05, 4.69) is 5.32 Å². The van der Waals surface area contributed by atoms with Crippen molar-refractivity contribution in [3.05, 3.63) is 77.4 Å². The van der Waals surface area contributed by atoms with Crippen LogP contribution in [0.3, 0.4) is 0 Å². The fourth-order valence-electron chi connectivity index (χ4n) is 2.95. The number of benzene rings is 3. The quantitative estimate of drug-likeness (QED) is 0.329. The Morgan fingerprint density at radius 1 is 0.933 bits per heavy atom. The number of rotatable bonds is 6. The van der Waals surface area contributed by atoms with Crippen LogP contribution in [0.15, 0.2) is 60.7 Å². The topological polar surface area (TPSA) is 105 Å². The number of nitrogens with two attached hydrogens (primary N) is 1. The van der Waals surface area contributed by atoms with Crippen LogP contribution >= 0.6 is 0 Å². The third-order valence-electron chi connectivity index (χ3n) is 4.70. The van der Waals surface area contributed by atoms with Gasteiger partial charge < -0.3 is 25.8 Å². The molecular formula is C23H23N3O4. The van der Waals surface area contributed by atoms with Crippen molar-refractivity contribution in [1.82, 2.24) is 0 Å². The zero-order chi connectivity index (χ0) is 21.8. The minimum atomic E-state index is -0.434. The molecule has 1 amide bonds. The van der Waals surface area contributed by atoms with Gasteiger partial charge in [0.05, 0.1) is 24.0 Å². The van der Waals surface area contributed by atoms with E-state index in [0.29, 0.717) is 16.9 Å². The van der Waals surface area contributed by atoms with Gasteiger partial charge in [0, 0.05) is 30.9 Å². The summed E-state index contributed by atoms with van der Waals surface area (Å²) >= 11 is 0. The van der Waals surface area contributed by atoms with E-state index in [0.717, 1.165) is 5.69 Å². The molecule has 7 heteroatoms. The molecular weight excluding hydrogens is 382 g/mol. The van der Waals surface area contributed by atoms with Gasteiger partial charge in [0.1, 0.15) is 11.5 Å². The molecule has 0 heterocycles. The van der Waals surface area contributed by atoms with E-state index in [1.54, 1.807) is 55.6 Å². The molecule has 0 fully saturated rings. The van der Waals surface area contributed by atoms with E-state index in [1.165, 1.54) is 12.1 Å². The molecule has 0 atom stereocenters. The summed E-state index contributed by atoms with van der Waals surface area (Å²) in [6.07, 6.45) is 0. The molecule has 7 nitrogen and oxygen atoms in total. The van der Waals surface area contributed by atoms with Crippen molar-refractivity contribution in [2.75, 3.05) is 37.2 Å². The van der Waals surface area contributed by atoms with Crippen LogP contribution in [0, 0.1) is 0 Å². The molecule has 4 N–H and O–H groups in total. The summed E-state index contributed by atoms with van der Waals surface area (Å²) < 4.78 is 5.08. The van der Waals surface area contributed by atoms with Gasteiger partial charge >= 0.3 is 0 Å². The lowest BCUT2D eigenvalue weighted by molar-refractivity contribution is 0.102. The number of aromatic hydroxyl groups is 1. The van der Waals surface area contributed by atoms with E-state index in [4.69, 9.17) is 10.5 Å². The Bertz CT molecular complexity index is 1070. The maximum Gasteiger partial charge on any atom is 0.255 e. The number of methoxy groups -OCH3 is 1. The standard InChI is InChI=1S/C23H23N3O4/c1-26(2)16-8-4-14(5-9-16)22(28)20-19(27)13-12-18(21(20)24)25-23(29)15-6-10-17(30-3)11-7-15/h4-13,27H,24H2,1-3H3,(H,25,29). The van der Waals surface area contributed by atoms with Crippen LogP contribution in [0.2, 0.25) is 0 Å². The molecule has 0 saturated heterocycles. The first-order chi connectivity index (χ1) is 14.3. The molecule has 3 aromatic rings. The van der Waals surface area contributed by atoms with E-state index < -0.39 is 11.7 Å². The minimum Gasteiger partial charge on any atom is -0.507 e. The second-order valence-corrected chi connectivity index (χ2v) is 6.87. The van der Waals surface area contributed by atoms with Crippen LogP contribution < -0.4 is 20.7 Å². The number of hydrogen-bond acceptors (Lipinski definition) is 6. The van der Waals surface area contributed by atoms with Gasteiger partial charge in [0.2, 0.25) is 0 Å². The van der Waals surface area contributed by atoms with Gasteiger partial charge in [-0.2, -0.15) is 0 Å². The summed E-state index contributed by atoms with van der Waals surface area (Å²) in [6.45, 7) is 0. The molecule has 3 rings (SSSR count). The van der Waals surface area contributed by atoms with Crippen molar-refractivity contribution in [2.24, 2.45) is 0 Å². The number of phenolic OH excluding ortho intramolecular Hbond substituents is 1. The molecule has 3 aromatic carbocycles. The predicted octanol–water partition coefficient (Wildman–Crippen LogP) is 3.53. The lowest BCUT2D eigenvalue weighted by Crippen LogP contribution is -2.15. The highest BCUT2D eigenvalue weighted by Crippen LogP contribution is 2.33. The number of ether oxygens (including phenoxy) is 1. The van der Waals surface area contributed by atoms with Gasteiger partial charge in [-0.15, -0.1) is 0 Å². The van der Waals surface area contributed by atoms with Gasteiger partial charge in [0.25, 0.3) is 5.91 Å². The summed E-state index contributed by atoms with van der Waals surface area (Å²) in [5.41, 5.74) is 8.04. The number of anilines is 3. The second-order valence-electron chi connectivity index (χ2n) is 6.87. The molecule has 0 spiro atoms. The maximum atomic E-state index is 13.0. The van der Waals surface area contributed by atoms with Crippen LogP contribution in [-0.2, 0) is 0 Å². The number of hydrogen-bond donors (Lipinski definition) is 3. The summed E-state index contributed by atoms with van der Waals surface area (Å²) in [7, 11) is 5.34. The highest BCUT2D eigenvalue weighted by Gasteiger charge is 2.21. The Morgan fingerprint density at radius 2 is 1.53 bits per heavy atom. The van der Waals surface area contributed by atoms with Crippen molar-refractivity contribution in [1.29, 1.82) is 0 Å². The van der Waals surface area contributed by atoms with E-state index in [1.807, 2.05) is 19.0 Å². The highest BCUT2D eigenvalue weighted by molar-refractivity contribution is 6.16. The second kappa shape index (κ2) is 8.57. The Balaban J connectivity index is 1.89. The summed E-state index contributed by atoms with van der Waals surface area (Å²) in [6, 6.07) is 16.3. The smallest absolute Gasteiger partial charge is 0.255 e. The Hall–Kier alpha value is -4.00. The molecule has 0 aliphatic rings. The average molecular weight is 405 g/mol. The molecule has 0 aromatic heterocycles. The lowest BCUT2D eigenvalue weighted by atomic mass is 9.99. The monoisotopic (exact) mass is 405 g/mol. The van der Waals surface area contributed by atoms with Crippen molar-refractivity contribution in [2.45, 2.75) is 0 Å². The van der Waals surface area contributed by atoms with Gasteiger partial charge in [-0.25, -0.2) is 0 Å². The number of ketones is 1. The van der Waals surface area contributed by atoms with Crippen molar-refractivity contribution < 1.29 is 19.4 Å². The van der Waals surface area contributed by atoms with E-state index in [9.17, 15) is 14.7 Å². The predicted molar refractivity (Wildman–Crippen MR) is 118 cm³/mol. The first-order valence-corrected chi connectivity index (χ1v) is 9.20. The number of amides is 1. The average Bonchev–Trinajstić information content (AvgIpc) is 2.75. The molecule has 154 valence electrons. The van der Waals surface area contributed by atoms with Crippen LogP contribution in [-0.4, -0.2) is 38.0 Å². The van der Waals surface area contributed by atoms with Gasteiger partial charge in [-0.1, -0.05) is 0 Å². The number of carbonyl (C=O) groups is 2. The number of nitrogens with one attached hydrogen (secondary N) is 1. The normalized spacial score (nSPS) is 10.4. The van der Waals surface area contributed by atoms with Crippen molar-refractivity contribution >= 4 is 28.8 Å². The molecule has 0 aliphatic carbocycles. The Kier molecular flexibility index (Phi) is 5.92. The molecule has 30 heavy (non-hydrogen) atoms. The number of nitrogen functional groups attached to an aromatic ring is 1. The molecule has 0 aliphatic heterocycles.